The average Bonchev–Trinajstić information content (AvgIpc) is 3.44. The molecule has 3 N–H and O–H groups in total. The highest BCUT2D eigenvalue weighted by Crippen LogP contribution is 2.36. The Morgan fingerprint density at radius 3 is 2.69 bits per heavy atom. The molecule has 1 aromatic rings. The number of benzene rings is 1. The molecule has 2 unspecified atom stereocenters. The Hall–Kier alpha value is -1.92. The number of nitrogens with zero attached hydrogens (tertiary/aromatic N) is 1. The first kappa shape index (κ1) is 17.5. The standard InChI is InChI=1S/C20H30N4O2/c1-14-22-13-20(23-14)9-17(10-21-12-20)24(16-5-6-16)11-15-4-7-18(25-2)8-19(15)26-3/h4,7-8,16-17,21-23H,1,5-6,9-13H2,2-3H3. The van der Waals surface area contributed by atoms with Gasteiger partial charge in [0.05, 0.1) is 25.6 Å². The van der Waals surface area contributed by atoms with Crippen LogP contribution in [0.15, 0.2) is 30.6 Å². The molecule has 26 heavy (non-hydrogen) atoms. The van der Waals surface area contributed by atoms with Gasteiger partial charge < -0.3 is 25.4 Å². The maximum atomic E-state index is 5.63. The van der Waals surface area contributed by atoms with Gasteiger partial charge in [0, 0.05) is 49.9 Å². The third-order valence-corrected chi connectivity index (χ3v) is 5.86. The molecule has 6 heteroatoms. The van der Waals surface area contributed by atoms with E-state index in [1.165, 1.54) is 18.4 Å². The predicted octanol–water partition coefficient (Wildman–Crippen LogP) is 1.43. The van der Waals surface area contributed by atoms with Gasteiger partial charge in [-0.05, 0) is 25.3 Å². The molecule has 3 fully saturated rings. The lowest BCUT2D eigenvalue weighted by atomic mass is 9.87. The van der Waals surface area contributed by atoms with Crippen LogP contribution in [0.1, 0.15) is 24.8 Å². The predicted molar refractivity (Wildman–Crippen MR) is 102 cm³/mol. The van der Waals surface area contributed by atoms with Gasteiger partial charge in [-0.1, -0.05) is 12.6 Å². The maximum Gasteiger partial charge on any atom is 0.127 e. The second-order valence-electron chi connectivity index (χ2n) is 7.81. The molecule has 2 saturated heterocycles. The van der Waals surface area contributed by atoms with Crippen LogP contribution < -0.4 is 25.4 Å². The summed E-state index contributed by atoms with van der Waals surface area (Å²) >= 11 is 0. The van der Waals surface area contributed by atoms with Crippen LogP contribution >= 0.6 is 0 Å². The second kappa shape index (κ2) is 7.00. The topological polar surface area (TPSA) is 57.8 Å². The fourth-order valence-electron chi connectivity index (χ4n) is 4.36. The van der Waals surface area contributed by atoms with Gasteiger partial charge in [-0.3, -0.25) is 4.90 Å². The maximum absolute atomic E-state index is 5.63. The Morgan fingerprint density at radius 2 is 2.04 bits per heavy atom. The molecular formula is C20H30N4O2. The van der Waals surface area contributed by atoms with Crippen molar-refractivity contribution in [1.82, 2.24) is 20.9 Å². The molecule has 1 spiro atoms. The van der Waals surface area contributed by atoms with E-state index in [1.807, 2.05) is 12.1 Å². The Kier molecular flexibility index (Phi) is 4.71. The van der Waals surface area contributed by atoms with Crippen molar-refractivity contribution in [1.29, 1.82) is 0 Å². The number of piperidine rings is 1. The third kappa shape index (κ3) is 3.48. The summed E-state index contributed by atoms with van der Waals surface area (Å²) in [6, 6.07) is 7.32. The van der Waals surface area contributed by atoms with E-state index in [4.69, 9.17) is 9.47 Å². The summed E-state index contributed by atoms with van der Waals surface area (Å²) in [6.45, 7) is 7.91. The lowest BCUT2D eigenvalue weighted by Gasteiger charge is -2.43. The van der Waals surface area contributed by atoms with Gasteiger partial charge in [0.25, 0.3) is 0 Å². The molecule has 0 aromatic heterocycles. The van der Waals surface area contributed by atoms with Gasteiger partial charge in [0.15, 0.2) is 0 Å². The molecule has 0 bridgehead atoms. The molecule has 1 saturated carbocycles. The van der Waals surface area contributed by atoms with Crippen molar-refractivity contribution in [3.05, 3.63) is 36.2 Å². The van der Waals surface area contributed by atoms with E-state index in [1.54, 1.807) is 14.2 Å². The summed E-state index contributed by atoms with van der Waals surface area (Å²) in [4.78, 5) is 2.67. The Balaban J connectivity index is 1.52. The highest BCUT2D eigenvalue weighted by molar-refractivity contribution is 5.40. The van der Waals surface area contributed by atoms with Gasteiger partial charge in [0.1, 0.15) is 11.5 Å². The minimum Gasteiger partial charge on any atom is -0.497 e. The molecule has 0 amide bonds. The fourth-order valence-corrected chi connectivity index (χ4v) is 4.36. The Bertz CT molecular complexity index is 676. The van der Waals surface area contributed by atoms with Crippen molar-refractivity contribution >= 4 is 0 Å². The number of nitrogens with one attached hydrogen (secondary N) is 3. The van der Waals surface area contributed by atoms with Crippen molar-refractivity contribution in [2.75, 3.05) is 33.9 Å². The SMILES string of the molecule is C=C1NCC2(CNCC(N(Cc3ccc(OC)cc3OC)C3CC3)C2)N1. The summed E-state index contributed by atoms with van der Waals surface area (Å²) in [5.41, 5.74) is 1.30. The molecular weight excluding hydrogens is 328 g/mol. The number of ether oxygens (including phenoxy) is 2. The number of hydrogen-bond acceptors (Lipinski definition) is 6. The van der Waals surface area contributed by atoms with Crippen LogP contribution in [0.5, 0.6) is 11.5 Å². The van der Waals surface area contributed by atoms with E-state index >= 15 is 0 Å². The number of methoxy groups -OCH3 is 2. The van der Waals surface area contributed by atoms with E-state index in [9.17, 15) is 0 Å². The lowest BCUT2D eigenvalue weighted by molar-refractivity contribution is 0.110. The van der Waals surface area contributed by atoms with Crippen molar-refractivity contribution in [3.8, 4) is 11.5 Å². The van der Waals surface area contributed by atoms with Crippen LogP contribution in [0, 0.1) is 0 Å². The van der Waals surface area contributed by atoms with Gasteiger partial charge >= 0.3 is 0 Å². The van der Waals surface area contributed by atoms with Crippen LogP contribution in [0.3, 0.4) is 0 Å². The lowest BCUT2D eigenvalue weighted by Crippen LogP contribution is -2.62. The van der Waals surface area contributed by atoms with E-state index in [0.717, 1.165) is 49.9 Å². The van der Waals surface area contributed by atoms with Crippen molar-refractivity contribution < 1.29 is 9.47 Å². The van der Waals surface area contributed by atoms with Crippen molar-refractivity contribution in [2.45, 2.75) is 43.4 Å². The highest BCUT2D eigenvalue weighted by Gasteiger charge is 2.44. The molecule has 4 rings (SSSR count). The largest absolute Gasteiger partial charge is 0.497 e. The zero-order valence-electron chi connectivity index (χ0n) is 15.8. The van der Waals surface area contributed by atoms with Gasteiger partial charge in [-0.2, -0.15) is 0 Å². The highest BCUT2D eigenvalue weighted by atomic mass is 16.5. The molecule has 2 aliphatic heterocycles. The van der Waals surface area contributed by atoms with Crippen LogP contribution in [0.25, 0.3) is 0 Å². The van der Waals surface area contributed by atoms with Gasteiger partial charge in [0.2, 0.25) is 0 Å². The van der Waals surface area contributed by atoms with Crippen molar-refractivity contribution in [2.24, 2.45) is 0 Å². The number of rotatable bonds is 6. The minimum absolute atomic E-state index is 0.0805. The molecule has 0 radical (unpaired) electrons. The van der Waals surface area contributed by atoms with E-state index < -0.39 is 0 Å². The van der Waals surface area contributed by atoms with Gasteiger partial charge in [-0.15, -0.1) is 0 Å². The molecule has 1 aliphatic carbocycles. The summed E-state index contributed by atoms with van der Waals surface area (Å²) in [6.07, 6.45) is 3.71. The van der Waals surface area contributed by atoms with Crippen LogP contribution in [-0.4, -0.2) is 56.4 Å². The van der Waals surface area contributed by atoms with E-state index in [2.05, 4.69) is 33.5 Å². The number of hydrogen-bond donors (Lipinski definition) is 3. The quantitative estimate of drug-likeness (QED) is 0.715. The second-order valence-corrected chi connectivity index (χ2v) is 7.81. The third-order valence-electron chi connectivity index (χ3n) is 5.86. The summed E-state index contributed by atoms with van der Waals surface area (Å²) < 4.78 is 11.0. The van der Waals surface area contributed by atoms with Crippen LogP contribution in [0.2, 0.25) is 0 Å². The van der Waals surface area contributed by atoms with Crippen LogP contribution in [0.4, 0.5) is 0 Å². The van der Waals surface area contributed by atoms with E-state index in [0.29, 0.717) is 12.1 Å². The molecule has 142 valence electrons. The first-order valence-electron chi connectivity index (χ1n) is 9.51. The Labute approximate surface area is 155 Å². The molecule has 2 heterocycles. The minimum atomic E-state index is 0.0805. The summed E-state index contributed by atoms with van der Waals surface area (Å²) in [5, 5.41) is 10.6. The summed E-state index contributed by atoms with van der Waals surface area (Å²) in [7, 11) is 3.42. The first-order valence-corrected chi connectivity index (χ1v) is 9.51. The molecule has 6 nitrogen and oxygen atoms in total. The normalized spacial score (nSPS) is 28.1. The van der Waals surface area contributed by atoms with E-state index in [-0.39, 0.29) is 5.54 Å². The fraction of sp³-hybridized carbons (Fsp3) is 0.600. The monoisotopic (exact) mass is 358 g/mol. The average molecular weight is 358 g/mol. The zero-order chi connectivity index (χ0) is 18.1. The molecule has 2 atom stereocenters. The summed E-state index contributed by atoms with van der Waals surface area (Å²) in [5.74, 6) is 2.69. The van der Waals surface area contributed by atoms with Crippen LogP contribution in [-0.2, 0) is 6.54 Å². The smallest absolute Gasteiger partial charge is 0.127 e. The Morgan fingerprint density at radius 1 is 1.19 bits per heavy atom. The zero-order valence-corrected chi connectivity index (χ0v) is 15.8. The first-order chi connectivity index (χ1) is 12.6. The van der Waals surface area contributed by atoms with Gasteiger partial charge in [-0.25, -0.2) is 0 Å². The molecule has 1 aromatic carbocycles. The molecule has 3 aliphatic rings. The van der Waals surface area contributed by atoms with Crippen molar-refractivity contribution in [3.63, 3.8) is 0 Å².